The van der Waals surface area contributed by atoms with Crippen LogP contribution in [0.2, 0.25) is 0 Å². The normalized spacial score (nSPS) is 15.0. The number of hydrogen-bond acceptors (Lipinski definition) is 5. The molecule has 0 radical (unpaired) electrons. The molecule has 0 bridgehead atoms. The largest absolute Gasteiger partial charge is 0.444 e. The van der Waals surface area contributed by atoms with E-state index in [4.69, 9.17) is 9.94 Å². The summed E-state index contributed by atoms with van der Waals surface area (Å²) < 4.78 is 33.8. The molecule has 0 unspecified atom stereocenters. The van der Waals surface area contributed by atoms with Crippen molar-refractivity contribution in [3.05, 3.63) is 71.9 Å². The number of benzene rings is 2. The lowest BCUT2D eigenvalue weighted by Crippen LogP contribution is -2.26. The lowest BCUT2D eigenvalue weighted by atomic mass is 10.1. The van der Waals surface area contributed by atoms with Crippen LogP contribution in [0.5, 0.6) is 0 Å². The molecule has 1 aliphatic heterocycles. The van der Waals surface area contributed by atoms with Crippen LogP contribution in [-0.4, -0.2) is 23.6 Å². The second-order valence-electron chi connectivity index (χ2n) is 5.83. The molecule has 1 heterocycles. The minimum atomic E-state index is -0.831. The third kappa shape index (κ3) is 4.60. The number of anilines is 2. The summed E-state index contributed by atoms with van der Waals surface area (Å²) in [5.74, 6) is -1.66. The van der Waals surface area contributed by atoms with Gasteiger partial charge in [-0.15, -0.1) is 0 Å². The van der Waals surface area contributed by atoms with Gasteiger partial charge in [0.05, 0.1) is 5.71 Å². The Morgan fingerprint density at radius 2 is 1.93 bits per heavy atom. The number of rotatable bonds is 4. The Kier molecular flexibility index (Phi) is 5.65. The number of amides is 1. The number of carbonyl (C=O) groups is 1. The van der Waals surface area contributed by atoms with Crippen molar-refractivity contribution in [2.75, 3.05) is 16.8 Å². The maximum Gasteiger partial charge on any atom is 0.411 e. The van der Waals surface area contributed by atoms with Gasteiger partial charge < -0.3 is 14.8 Å². The number of hydrogen-bond donors (Lipinski definition) is 2. The molecule has 6 nitrogen and oxygen atoms in total. The SMILES string of the molecule is O=C(Nc1cc(F)c(N2C=C/C(=N\O)CC2)c(F)c1)OCc1ccccc1. The predicted molar refractivity (Wildman–Crippen MR) is 96.9 cm³/mol. The van der Waals surface area contributed by atoms with Crippen LogP contribution in [0.25, 0.3) is 0 Å². The predicted octanol–water partition coefficient (Wildman–Crippen LogP) is 4.27. The van der Waals surface area contributed by atoms with Gasteiger partial charge in [0.15, 0.2) is 11.6 Å². The second-order valence-corrected chi connectivity index (χ2v) is 5.83. The highest BCUT2D eigenvalue weighted by Crippen LogP contribution is 2.29. The molecule has 2 aromatic carbocycles. The summed E-state index contributed by atoms with van der Waals surface area (Å²) in [6.45, 7) is 0.304. The lowest BCUT2D eigenvalue weighted by Gasteiger charge is -2.25. The van der Waals surface area contributed by atoms with E-state index in [-0.39, 0.29) is 24.5 Å². The number of allylic oxidation sites excluding steroid dienone is 1. The van der Waals surface area contributed by atoms with Crippen LogP contribution in [0.4, 0.5) is 25.0 Å². The Hall–Kier alpha value is -3.42. The van der Waals surface area contributed by atoms with Gasteiger partial charge in [-0.2, -0.15) is 0 Å². The zero-order valence-electron chi connectivity index (χ0n) is 14.2. The summed E-state index contributed by atoms with van der Waals surface area (Å²) in [4.78, 5) is 13.2. The van der Waals surface area contributed by atoms with Gasteiger partial charge in [0, 0.05) is 24.9 Å². The molecular weight excluding hydrogens is 356 g/mol. The van der Waals surface area contributed by atoms with Crippen molar-refractivity contribution in [3.8, 4) is 0 Å². The second kappa shape index (κ2) is 8.31. The molecule has 27 heavy (non-hydrogen) atoms. The van der Waals surface area contributed by atoms with E-state index < -0.39 is 17.7 Å². The minimum absolute atomic E-state index is 0.0447. The van der Waals surface area contributed by atoms with Gasteiger partial charge in [0.1, 0.15) is 12.3 Å². The number of halogens is 2. The molecule has 2 N–H and O–H groups in total. The molecule has 0 aliphatic carbocycles. The molecule has 2 aromatic rings. The molecule has 8 heteroatoms. The first kappa shape index (κ1) is 18.4. The van der Waals surface area contributed by atoms with E-state index in [0.29, 0.717) is 12.1 Å². The Labute approximate surface area is 154 Å². The van der Waals surface area contributed by atoms with Crippen LogP contribution < -0.4 is 10.2 Å². The quantitative estimate of drug-likeness (QED) is 0.620. The van der Waals surface area contributed by atoms with Gasteiger partial charge in [-0.05, 0) is 23.8 Å². The monoisotopic (exact) mass is 373 g/mol. The van der Waals surface area contributed by atoms with E-state index >= 15 is 0 Å². The van der Waals surface area contributed by atoms with Gasteiger partial charge >= 0.3 is 6.09 Å². The fourth-order valence-corrected chi connectivity index (χ4v) is 2.63. The first-order valence-corrected chi connectivity index (χ1v) is 8.19. The Morgan fingerprint density at radius 3 is 2.52 bits per heavy atom. The summed E-state index contributed by atoms with van der Waals surface area (Å²) in [6.07, 6.45) is 2.43. The fraction of sp³-hybridized carbons (Fsp3) is 0.158. The highest BCUT2D eigenvalue weighted by Gasteiger charge is 2.20. The summed E-state index contributed by atoms with van der Waals surface area (Å²) in [7, 11) is 0. The highest BCUT2D eigenvalue weighted by atomic mass is 19.1. The molecule has 0 fully saturated rings. The lowest BCUT2D eigenvalue weighted by molar-refractivity contribution is 0.155. The first-order chi connectivity index (χ1) is 13.1. The standard InChI is InChI=1S/C19H17F2N3O3/c20-16-10-15(22-19(25)27-12-13-4-2-1-3-5-13)11-17(21)18(16)24-8-6-14(23-26)7-9-24/h1-6,8,10-11,26H,7,9,12H2,(H,22,25)/b23-14+. The van der Waals surface area contributed by atoms with E-state index in [1.54, 1.807) is 12.1 Å². The molecule has 0 aromatic heterocycles. The topological polar surface area (TPSA) is 74.2 Å². The molecule has 1 aliphatic rings. The van der Waals surface area contributed by atoms with Crippen molar-refractivity contribution in [2.45, 2.75) is 13.0 Å². The maximum atomic E-state index is 14.4. The van der Waals surface area contributed by atoms with Gasteiger partial charge in [0.25, 0.3) is 0 Å². The average molecular weight is 373 g/mol. The Morgan fingerprint density at radius 1 is 1.22 bits per heavy atom. The Balaban J connectivity index is 1.66. The molecule has 140 valence electrons. The number of nitrogens with zero attached hydrogens (tertiary/aromatic N) is 2. The molecule has 0 saturated heterocycles. The number of nitrogens with one attached hydrogen (secondary N) is 1. The summed E-state index contributed by atoms with van der Waals surface area (Å²) in [6, 6.07) is 11.1. The number of carbonyl (C=O) groups excluding carboxylic acids is 1. The van der Waals surface area contributed by atoms with E-state index in [9.17, 15) is 13.6 Å². The van der Waals surface area contributed by atoms with Gasteiger partial charge in [-0.1, -0.05) is 35.5 Å². The van der Waals surface area contributed by atoms with Gasteiger partial charge in [-0.25, -0.2) is 13.6 Å². The van der Waals surface area contributed by atoms with Crippen LogP contribution in [0, 0.1) is 11.6 Å². The van der Waals surface area contributed by atoms with Crippen molar-refractivity contribution in [3.63, 3.8) is 0 Å². The van der Waals surface area contributed by atoms with Crippen molar-refractivity contribution >= 4 is 23.2 Å². The van der Waals surface area contributed by atoms with Crippen LogP contribution in [0.3, 0.4) is 0 Å². The smallest absolute Gasteiger partial charge is 0.411 e. The Bertz CT molecular complexity index is 862. The van der Waals surface area contributed by atoms with E-state index in [1.165, 1.54) is 17.2 Å². The molecule has 0 saturated carbocycles. The fourth-order valence-electron chi connectivity index (χ4n) is 2.63. The number of oxime groups is 1. The van der Waals surface area contributed by atoms with Gasteiger partial charge in [0.2, 0.25) is 0 Å². The van der Waals surface area contributed by atoms with E-state index in [1.807, 2.05) is 18.2 Å². The maximum absolute atomic E-state index is 14.4. The third-order valence-electron chi connectivity index (χ3n) is 3.95. The minimum Gasteiger partial charge on any atom is -0.444 e. The van der Waals surface area contributed by atoms with Crippen molar-refractivity contribution < 1.29 is 23.5 Å². The molecular formula is C19H17F2N3O3. The molecule has 0 spiro atoms. The highest BCUT2D eigenvalue weighted by molar-refractivity contribution is 5.96. The van der Waals surface area contributed by atoms with Crippen molar-refractivity contribution in [1.29, 1.82) is 0 Å². The van der Waals surface area contributed by atoms with Gasteiger partial charge in [-0.3, -0.25) is 5.32 Å². The van der Waals surface area contributed by atoms with Crippen LogP contribution in [-0.2, 0) is 11.3 Å². The third-order valence-corrected chi connectivity index (χ3v) is 3.95. The van der Waals surface area contributed by atoms with Crippen molar-refractivity contribution in [2.24, 2.45) is 5.16 Å². The van der Waals surface area contributed by atoms with Crippen molar-refractivity contribution in [1.82, 2.24) is 0 Å². The van der Waals surface area contributed by atoms with Crippen LogP contribution in [0.15, 0.2) is 59.9 Å². The first-order valence-electron chi connectivity index (χ1n) is 8.19. The zero-order valence-corrected chi connectivity index (χ0v) is 14.2. The summed E-state index contributed by atoms with van der Waals surface area (Å²) >= 11 is 0. The average Bonchev–Trinajstić information content (AvgIpc) is 2.67. The summed E-state index contributed by atoms with van der Waals surface area (Å²) in [5, 5.41) is 14.1. The summed E-state index contributed by atoms with van der Waals surface area (Å²) in [5.41, 5.74) is 0.923. The molecule has 1 amide bonds. The van der Waals surface area contributed by atoms with Crippen LogP contribution in [0.1, 0.15) is 12.0 Å². The molecule has 3 rings (SSSR count). The van der Waals surface area contributed by atoms with E-state index in [0.717, 1.165) is 17.7 Å². The number of ether oxygens (including phenoxy) is 1. The molecule has 0 atom stereocenters. The van der Waals surface area contributed by atoms with Crippen LogP contribution >= 0.6 is 0 Å². The zero-order chi connectivity index (χ0) is 19.2. The van der Waals surface area contributed by atoms with E-state index in [2.05, 4.69) is 10.5 Å².